The molecule has 0 saturated carbocycles. The number of hydrogen-bond donors (Lipinski definition) is 2. The fourth-order valence-corrected chi connectivity index (χ4v) is 3.53. The van der Waals surface area contributed by atoms with Crippen molar-refractivity contribution in [3.63, 3.8) is 0 Å². The van der Waals surface area contributed by atoms with E-state index in [0.717, 1.165) is 28.8 Å². The fourth-order valence-electron chi connectivity index (χ4n) is 3.53. The SMILES string of the molecule is CO/N=C1/c2c(cc(C)c(C(O)O)c2C)CC(C)(C)C1(C)C. The first-order chi connectivity index (χ1) is 10.0. The monoisotopic (exact) mass is 305 g/mol. The maximum Gasteiger partial charge on any atom is 0.178 e. The first-order valence-electron chi connectivity index (χ1n) is 7.65. The van der Waals surface area contributed by atoms with Crippen LogP contribution in [0, 0.1) is 24.7 Å². The van der Waals surface area contributed by atoms with Crippen LogP contribution in [0.2, 0.25) is 0 Å². The molecule has 0 bridgehead atoms. The zero-order chi connectivity index (χ0) is 16.9. The molecule has 0 saturated heterocycles. The summed E-state index contributed by atoms with van der Waals surface area (Å²) in [7, 11) is 1.55. The highest BCUT2D eigenvalue weighted by molar-refractivity contribution is 6.08. The highest BCUT2D eigenvalue weighted by Crippen LogP contribution is 2.50. The van der Waals surface area contributed by atoms with E-state index < -0.39 is 6.29 Å². The van der Waals surface area contributed by atoms with Crippen molar-refractivity contribution in [2.24, 2.45) is 16.0 Å². The van der Waals surface area contributed by atoms with Crippen LogP contribution in [0.4, 0.5) is 0 Å². The van der Waals surface area contributed by atoms with Crippen LogP contribution in [0.5, 0.6) is 0 Å². The maximum atomic E-state index is 9.72. The largest absolute Gasteiger partial charge is 0.399 e. The van der Waals surface area contributed by atoms with Gasteiger partial charge in [-0.25, -0.2) is 0 Å². The Balaban J connectivity index is 2.84. The van der Waals surface area contributed by atoms with Crippen molar-refractivity contribution in [1.82, 2.24) is 0 Å². The molecule has 0 radical (unpaired) electrons. The summed E-state index contributed by atoms with van der Waals surface area (Å²) in [6, 6.07) is 2.05. The third kappa shape index (κ3) is 2.34. The molecule has 0 unspecified atom stereocenters. The van der Waals surface area contributed by atoms with Crippen molar-refractivity contribution in [1.29, 1.82) is 0 Å². The highest BCUT2D eigenvalue weighted by atomic mass is 16.6. The van der Waals surface area contributed by atoms with Gasteiger partial charge in [-0.05, 0) is 42.4 Å². The molecule has 1 aromatic carbocycles. The molecule has 4 nitrogen and oxygen atoms in total. The third-order valence-corrected chi connectivity index (χ3v) is 5.51. The molecule has 0 fully saturated rings. The van der Waals surface area contributed by atoms with Gasteiger partial charge in [-0.3, -0.25) is 0 Å². The molecule has 0 atom stereocenters. The minimum atomic E-state index is -1.48. The van der Waals surface area contributed by atoms with Crippen molar-refractivity contribution >= 4 is 5.71 Å². The molecular weight excluding hydrogens is 278 g/mol. The number of benzene rings is 1. The second-order valence-corrected chi connectivity index (χ2v) is 7.45. The van der Waals surface area contributed by atoms with Gasteiger partial charge in [0.2, 0.25) is 0 Å². The van der Waals surface area contributed by atoms with Crippen LogP contribution >= 0.6 is 0 Å². The second kappa shape index (κ2) is 5.36. The van der Waals surface area contributed by atoms with Crippen LogP contribution < -0.4 is 0 Å². The number of aliphatic hydroxyl groups excluding tert-OH is 1. The number of hydrogen-bond acceptors (Lipinski definition) is 4. The van der Waals surface area contributed by atoms with E-state index in [1.54, 1.807) is 7.11 Å². The molecule has 1 aromatic rings. The average molecular weight is 305 g/mol. The molecule has 0 spiro atoms. The van der Waals surface area contributed by atoms with Gasteiger partial charge in [0.1, 0.15) is 7.11 Å². The predicted octanol–water partition coefficient (Wildman–Crippen LogP) is 3.25. The summed E-state index contributed by atoms with van der Waals surface area (Å²) in [6.07, 6.45) is -0.561. The van der Waals surface area contributed by atoms with Gasteiger partial charge in [0.05, 0.1) is 5.71 Å². The van der Waals surface area contributed by atoms with Crippen molar-refractivity contribution in [3.05, 3.63) is 33.9 Å². The predicted molar refractivity (Wildman–Crippen MR) is 87.9 cm³/mol. The molecule has 1 aliphatic carbocycles. The summed E-state index contributed by atoms with van der Waals surface area (Å²) < 4.78 is 0. The lowest BCUT2D eigenvalue weighted by molar-refractivity contribution is -0.0434. The van der Waals surface area contributed by atoms with E-state index in [9.17, 15) is 10.2 Å². The summed E-state index contributed by atoms with van der Waals surface area (Å²) >= 11 is 0. The number of fused-ring (bicyclic) bond motifs is 1. The molecule has 122 valence electrons. The van der Waals surface area contributed by atoms with E-state index in [1.165, 1.54) is 5.56 Å². The van der Waals surface area contributed by atoms with E-state index in [-0.39, 0.29) is 10.8 Å². The van der Waals surface area contributed by atoms with Crippen LogP contribution in [0.3, 0.4) is 0 Å². The summed E-state index contributed by atoms with van der Waals surface area (Å²) in [5, 5.41) is 23.8. The van der Waals surface area contributed by atoms with Crippen molar-refractivity contribution in [3.8, 4) is 0 Å². The van der Waals surface area contributed by atoms with E-state index in [0.29, 0.717) is 5.56 Å². The lowest BCUT2D eigenvalue weighted by atomic mass is 9.56. The normalized spacial score (nSPS) is 21.1. The molecule has 0 heterocycles. The van der Waals surface area contributed by atoms with Crippen molar-refractivity contribution in [2.45, 2.75) is 54.3 Å². The molecule has 1 aliphatic rings. The highest BCUT2D eigenvalue weighted by Gasteiger charge is 2.47. The van der Waals surface area contributed by atoms with Crippen LogP contribution in [0.15, 0.2) is 11.2 Å². The molecule has 0 aliphatic heterocycles. The lowest BCUT2D eigenvalue weighted by Gasteiger charge is -2.47. The van der Waals surface area contributed by atoms with Gasteiger partial charge in [0.15, 0.2) is 6.29 Å². The number of aliphatic hydroxyl groups is 2. The van der Waals surface area contributed by atoms with Gasteiger partial charge in [0, 0.05) is 16.5 Å². The number of nitrogens with zero attached hydrogens (tertiary/aromatic N) is 1. The van der Waals surface area contributed by atoms with Gasteiger partial charge in [-0.1, -0.05) is 38.9 Å². The van der Waals surface area contributed by atoms with Crippen LogP contribution in [-0.2, 0) is 11.3 Å². The summed E-state index contributed by atoms with van der Waals surface area (Å²) in [5.41, 5.74) is 5.25. The summed E-state index contributed by atoms with van der Waals surface area (Å²) in [5.74, 6) is 0. The molecule has 2 N–H and O–H groups in total. The Labute approximate surface area is 132 Å². The zero-order valence-electron chi connectivity index (χ0n) is 14.6. The van der Waals surface area contributed by atoms with Crippen molar-refractivity contribution < 1.29 is 15.1 Å². The first-order valence-corrected chi connectivity index (χ1v) is 7.65. The van der Waals surface area contributed by atoms with E-state index in [2.05, 4.69) is 38.9 Å². The van der Waals surface area contributed by atoms with Gasteiger partial charge in [0.25, 0.3) is 0 Å². The Morgan fingerprint density at radius 2 is 1.77 bits per heavy atom. The topological polar surface area (TPSA) is 62.0 Å². The molecule has 0 amide bonds. The quantitative estimate of drug-likeness (QED) is 0.651. The van der Waals surface area contributed by atoms with Crippen molar-refractivity contribution in [2.75, 3.05) is 7.11 Å². The second-order valence-electron chi connectivity index (χ2n) is 7.45. The maximum absolute atomic E-state index is 9.72. The zero-order valence-corrected chi connectivity index (χ0v) is 14.6. The van der Waals surface area contributed by atoms with E-state index in [1.807, 2.05) is 13.8 Å². The van der Waals surface area contributed by atoms with E-state index >= 15 is 0 Å². The van der Waals surface area contributed by atoms with E-state index in [4.69, 9.17) is 4.84 Å². The fraction of sp³-hybridized carbons (Fsp3) is 0.611. The summed E-state index contributed by atoms with van der Waals surface area (Å²) in [6.45, 7) is 12.7. The molecular formula is C18H27NO3. The first kappa shape index (κ1) is 17.0. The van der Waals surface area contributed by atoms with Gasteiger partial charge >= 0.3 is 0 Å². The molecule has 0 aromatic heterocycles. The average Bonchev–Trinajstić information content (AvgIpc) is 2.34. The summed E-state index contributed by atoms with van der Waals surface area (Å²) in [4.78, 5) is 5.12. The molecule has 2 rings (SSSR count). The minimum Gasteiger partial charge on any atom is -0.399 e. The Morgan fingerprint density at radius 1 is 1.18 bits per heavy atom. The van der Waals surface area contributed by atoms with Crippen LogP contribution in [0.25, 0.3) is 0 Å². The lowest BCUT2D eigenvalue weighted by Crippen LogP contribution is -2.46. The standard InChI is InChI=1S/C18H27NO3/c1-10-8-12-9-17(3,4)18(5,6)15(19-22-7)14(12)11(2)13(10)16(20)21/h8,16,20-21H,9H2,1-7H3/b19-15-. The van der Waals surface area contributed by atoms with Crippen LogP contribution in [0.1, 0.15) is 61.8 Å². The van der Waals surface area contributed by atoms with Crippen LogP contribution in [-0.4, -0.2) is 23.0 Å². The third-order valence-electron chi connectivity index (χ3n) is 5.51. The van der Waals surface area contributed by atoms with Gasteiger partial charge < -0.3 is 15.1 Å². The van der Waals surface area contributed by atoms with Gasteiger partial charge in [-0.2, -0.15) is 0 Å². The molecule has 22 heavy (non-hydrogen) atoms. The minimum absolute atomic E-state index is 0.0234. The Hall–Kier alpha value is -1.39. The Bertz CT molecular complexity index is 628. The Kier molecular flexibility index (Phi) is 4.13. The number of rotatable bonds is 2. The smallest absolute Gasteiger partial charge is 0.178 e. The number of aryl methyl sites for hydroxylation is 1. The van der Waals surface area contributed by atoms with Gasteiger partial charge in [-0.15, -0.1) is 0 Å². The Morgan fingerprint density at radius 3 is 2.27 bits per heavy atom. The molecule has 4 heteroatoms. The number of oxime groups is 1.